The number of hydrogen-bond acceptors (Lipinski definition) is 28. The van der Waals surface area contributed by atoms with E-state index in [1.54, 1.807) is 36.4 Å². The van der Waals surface area contributed by atoms with Gasteiger partial charge >= 0.3 is 0 Å². The summed E-state index contributed by atoms with van der Waals surface area (Å²) < 4.78 is 77.3. The van der Waals surface area contributed by atoms with E-state index < -0.39 is 94.8 Å². The highest BCUT2D eigenvalue weighted by atomic mass is 19.1. The molecule has 35 heteroatoms. The minimum absolute atomic E-state index is 0.0537. The molecule has 6 aliphatic rings. The topological polar surface area (TPSA) is 438 Å². The van der Waals surface area contributed by atoms with Crippen molar-refractivity contribution < 1.29 is 119 Å². The third-order valence-corrected chi connectivity index (χ3v) is 16.0. The lowest BCUT2D eigenvalue weighted by Crippen LogP contribution is -2.54. The van der Waals surface area contributed by atoms with Crippen LogP contribution in [-0.2, 0) is 85.6 Å². The van der Waals surface area contributed by atoms with E-state index >= 15 is 0 Å². The van der Waals surface area contributed by atoms with E-state index in [9.17, 15) is 61.9 Å². The van der Waals surface area contributed by atoms with Crippen LogP contribution in [0.5, 0.6) is 0 Å². The zero-order chi connectivity index (χ0) is 76.4. The van der Waals surface area contributed by atoms with Crippen molar-refractivity contribution in [2.45, 2.75) is 83.3 Å². The number of hydrogen-bond donors (Lipinski definition) is 7. The van der Waals surface area contributed by atoms with Gasteiger partial charge in [-0.1, -0.05) is 13.8 Å². The second kappa shape index (κ2) is 48.6. The molecular formula is C71H99FN10O24. The summed E-state index contributed by atoms with van der Waals surface area (Å²) in [7, 11) is 0. The summed E-state index contributed by atoms with van der Waals surface area (Å²) in [6.07, 6.45) is 2.61. The van der Waals surface area contributed by atoms with E-state index in [1.807, 2.05) is 0 Å². The van der Waals surface area contributed by atoms with Crippen molar-refractivity contribution >= 4 is 82.3 Å². The van der Waals surface area contributed by atoms with Gasteiger partial charge in [-0.2, -0.15) is 0 Å². The Morgan fingerprint density at radius 3 is 0.858 bits per heavy atom. The molecule has 0 radical (unpaired) electrons. The van der Waals surface area contributed by atoms with Crippen LogP contribution in [-0.4, -0.2) is 288 Å². The zero-order valence-corrected chi connectivity index (χ0v) is 60.1. The highest BCUT2D eigenvalue weighted by Crippen LogP contribution is 2.32. The first-order valence-electron chi connectivity index (χ1n) is 35.5. The van der Waals surface area contributed by atoms with Crippen molar-refractivity contribution in [3.63, 3.8) is 0 Å². The smallest absolute Gasteiger partial charge is 0.262 e. The predicted molar refractivity (Wildman–Crippen MR) is 375 cm³/mol. The molecule has 6 aliphatic heterocycles. The maximum Gasteiger partial charge on any atom is 0.262 e. The average Bonchev–Trinajstić information content (AvgIpc) is 1.63. The SMILES string of the molecule is CCCOCCOCCOCCOCCN.CCCOCCOCCOCCOCCNc1ccc2c(c1)C(=O)N(C1CCC(=O)NC1=O)C2=O.NCCOCCOCCOCCOCCNc1ccc2c(c1)C(=O)N(C1CCC(=O)NC1=O)C2=O.O=C1CCC(N2C(=O)c3ccc(F)cc3C2=O)C(=O)N1. The molecule has 3 saturated heterocycles. The Labute approximate surface area is 613 Å². The van der Waals surface area contributed by atoms with E-state index in [-0.39, 0.29) is 71.9 Å². The molecule has 12 amide bonds. The number of benzene rings is 3. The predicted octanol–water partition coefficient (Wildman–Crippen LogP) is 1.15. The maximum atomic E-state index is 13.2. The molecule has 9 rings (SSSR count). The van der Waals surface area contributed by atoms with Crippen molar-refractivity contribution in [3.05, 3.63) is 93.8 Å². The number of piperidine rings is 3. The Kier molecular flexibility index (Phi) is 39.6. The van der Waals surface area contributed by atoms with Crippen LogP contribution < -0.4 is 38.1 Å². The number of amides is 12. The molecule has 106 heavy (non-hydrogen) atoms. The number of nitrogens with one attached hydrogen (secondary N) is 5. The van der Waals surface area contributed by atoms with Crippen molar-refractivity contribution in [3.8, 4) is 0 Å². The van der Waals surface area contributed by atoms with Crippen LogP contribution in [0.2, 0.25) is 0 Å². The summed E-state index contributed by atoms with van der Waals surface area (Å²) in [5.41, 5.74) is 12.9. The summed E-state index contributed by atoms with van der Waals surface area (Å²) in [5.74, 6) is -7.28. The highest BCUT2D eigenvalue weighted by molar-refractivity contribution is 6.25. The van der Waals surface area contributed by atoms with Gasteiger partial charge in [0.05, 0.1) is 179 Å². The van der Waals surface area contributed by atoms with Crippen LogP contribution in [0, 0.1) is 5.82 Å². The van der Waals surface area contributed by atoms with E-state index in [4.69, 9.17) is 68.3 Å². The van der Waals surface area contributed by atoms with Crippen LogP contribution >= 0.6 is 0 Å². The van der Waals surface area contributed by atoms with Gasteiger partial charge in [-0.15, -0.1) is 0 Å². The van der Waals surface area contributed by atoms with Gasteiger partial charge in [-0.3, -0.25) is 88.2 Å². The lowest BCUT2D eigenvalue weighted by atomic mass is 10.0. The van der Waals surface area contributed by atoms with Gasteiger partial charge in [0.2, 0.25) is 35.4 Å². The molecule has 0 aromatic heterocycles. The molecule has 9 N–H and O–H groups in total. The molecule has 0 aliphatic carbocycles. The van der Waals surface area contributed by atoms with Gasteiger partial charge in [0.1, 0.15) is 23.9 Å². The fourth-order valence-electron chi connectivity index (χ4n) is 10.9. The third-order valence-electron chi connectivity index (χ3n) is 16.0. The summed E-state index contributed by atoms with van der Waals surface area (Å²) in [6.45, 7) is 19.3. The summed E-state index contributed by atoms with van der Waals surface area (Å²) >= 11 is 0. The number of ether oxygens (including phenoxy) is 12. The van der Waals surface area contributed by atoms with Crippen LogP contribution in [0.25, 0.3) is 0 Å². The zero-order valence-electron chi connectivity index (χ0n) is 60.1. The Bertz CT molecular complexity index is 3250. The number of carbonyl (C=O) groups is 12. The highest BCUT2D eigenvalue weighted by Gasteiger charge is 2.47. The van der Waals surface area contributed by atoms with E-state index in [0.29, 0.717) is 183 Å². The molecule has 0 saturated carbocycles. The molecule has 0 spiro atoms. The molecular weight excluding hydrogens is 1400 g/mol. The molecule has 3 atom stereocenters. The summed E-state index contributed by atoms with van der Waals surface area (Å²) in [5, 5.41) is 12.8. The summed E-state index contributed by atoms with van der Waals surface area (Å²) in [6, 6.07) is 10.0. The Balaban J connectivity index is 0.000000232. The average molecular weight is 1500 g/mol. The molecule has 3 aromatic carbocycles. The van der Waals surface area contributed by atoms with Crippen LogP contribution in [0.3, 0.4) is 0 Å². The maximum absolute atomic E-state index is 13.2. The monoisotopic (exact) mass is 1490 g/mol. The van der Waals surface area contributed by atoms with Gasteiger partial charge in [-0.25, -0.2) is 4.39 Å². The number of nitrogens with two attached hydrogens (primary N) is 2. The van der Waals surface area contributed by atoms with Crippen LogP contribution in [0.1, 0.15) is 127 Å². The third kappa shape index (κ3) is 28.0. The molecule has 0 bridgehead atoms. The van der Waals surface area contributed by atoms with Crippen molar-refractivity contribution in [2.75, 3.05) is 195 Å². The lowest BCUT2D eigenvalue weighted by Gasteiger charge is -2.27. The molecule has 6 heterocycles. The fraction of sp³-hybridized carbons (Fsp3) is 0.577. The van der Waals surface area contributed by atoms with Gasteiger partial charge < -0.3 is 78.9 Å². The van der Waals surface area contributed by atoms with Crippen molar-refractivity contribution in [1.29, 1.82) is 0 Å². The largest absolute Gasteiger partial charge is 0.383 e. The van der Waals surface area contributed by atoms with Crippen LogP contribution in [0.4, 0.5) is 15.8 Å². The summed E-state index contributed by atoms with van der Waals surface area (Å²) in [4.78, 5) is 148. The first kappa shape index (κ1) is 86.4. The van der Waals surface area contributed by atoms with Crippen molar-refractivity contribution in [1.82, 2.24) is 30.7 Å². The minimum Gasteiger partial charge on any atom is -0.383 e. The molecule has 584 valence electrons. The van der Waals surface area contributed by atoms with Gasteiger partial charge in [0.15, 0.2) is 0 Å². The first-order chi connectivity index (χ1) is 51.4. The molecule has 3 fully saturated rings. The Morgan fingerprint density at radius 1 is 0.340 bits per heavy atom. The Hall–Kier alpha value is -8.53. The number of halogens is 1. The normalized spacial score (nSPS) is 17.4. The van der Waals surface area contributed by atoms with E-state index in [0.717, 1.165) is 52.9 Å². The second-order valence-corrected chi connectivity index (χ2v) is 23.8. The van der Waals surface area contributed by atoms with E-state index in [2.05, 4.69) is 40.4 Å². The van der Waals surface area contributed by atoms with Gasteiger partial charge in [-0.05, 0) is 86.7 Å². The van der Waals surface area contributed by atoms with Gasteiger partial charge in [0, 0.05) is 70.0 Å². The lowest BCUT2D eigenvalue weighted by molar-refractivity contribution is -0.137. The number of nitrogens with zero attached hydrogens (tertiary/aromatic N) is 3. The number of fused-ring (bicyclic) bond motifs is 3. The van der Waals surface area contributed by atoms with Gasteiger partial charge in [0.25, 0.3) is 35.4 Å². The quantitative estimate of drug-likeness (QED) is 0.0308. The Morgan fingerprint density at radius 2 is 0.585 bits per heavy atom. The fourth-order valence-corrected chi connectivity index (χ4v) is 10.9. The second-order valence-electron chi connectivity index (χ2n) is 23.8. The number of carbonyl (C=O) groups excluding carboxylic acids is 12. The standard InChI is InChI=1S/C24H33N3O8.C23H32N4O8.C13H9FN2O4.C11H25NO4/c1-2-8-32-10-12-34-14-15-35-13-11-33-9-7-25-17-3-4-18-19(16-17)24(31)27(23(18)30)20-5-6-21(28)26-22(20)29;24-5-7-32-9-11-34-13-14-35-12-10-33-8-6-25-16-1-2-17-18(15-16)23(31)27(22(17)30)19-3-4-20(28)26-21(19)29;14-6-1-2-7-8(5-6)13(20)16(12(7)19)9-3-4-10(17)15-11(9)18;1-2-4-13-6-8-15-10-11-16-9-7-14-5-3-12/h3-4,16,20,25H,2,5-15H2,1H3,(H,26,28,29);1-2,15,19,25H,3-14,24H2,(H,26,28,29);1-2,5,9H,3-4H2,(H,15,17,18);2-12H2,1H3. The minimum atomic E-state index is -1.02. The number of anilines is 2. The first-order valence-corrected chi connectivity index (χ1v) is 35.5. The molecule has 34 nitrogen and oxygen atoms in total. The molecule has 3 unspecified atom stereocenters. The van der Waals surface area contributed by atoms with E-state index in [1.165, 1.54) is 6.07 Å². The van der Waals surface area contributed by atoms with Crippen molar-refractivity contribution in [2.24, 2.45) is 11.5 Å². The van der Waals surface area contributed by atoms with Crippen LogP contribution in [0.15, 0.2) is 54.6 Å². The number of rotatable bonds is 46. The molecule has 3 aromatic rings. The number of imide groups is 6.